The predicted molar refractivity (Wildman–Crippen MR) is 73.2 cm³/mol. The molecule has 0 radical (unpaired) electrons. The third-order valence-corrected chi connectivity index (χ3v) is 5.24. The smallest absolute Gasteiger partial charge is 0.227 e. The maximum atomic E-state index is 12.3. The Balaban J connectivity index is 1.92. The van der Waals surface area contributed by atoms with Gasteiger partial charge in [-0.25, -0.2) is 0 Å². The van der Waals surface area contributed by atoms with Gasteiger partial charge in [-0.2, -0.15) is 0 Å². The second-order valence-corrected chi connectivity index (χ2v) is 6.35. The number of nitrogens with two attached hydrogens (primary N) is 1. The van der Waals surface area contributed by atoms with Crippen LogP contribution in [-0.2, 0) is 4.79 Å². The quantitative estimate of drug-likeness (QED) is 0.771. The van der Waals surface area contributed by atoms with Gasteiger partial charge in [-0.05, 0) is 39.8 Å². The average Bonchev–Trinajstić information content (AvgIpc) is 2.75. The van der Waals surface area contributed by atoms with Crippen LogP contribution in [0.2, 0.25) is 0 Å². The molecular formula is C14H27N3O. The Bertz CT molecular complexity index is 299. The fourth-order valence-electron chi connectivity index (χ4n) is 3.37. The Hall–Kier alpha value is -0.610. The third kappa shape index (κ3) is 2.28. The van der Waals surface area contributed by atoms with Crippen LogP contribution in [0.15, 0.2) is 0 Å². The second-order valence-electron chi connectivity index (χ2n) is 6.35. The van der Waals surface area contributed by atoms with E-state index in [-0.39, 0.29) is 16.9 Å². The van der Waals surface area contributed by atoms with Gasteiger partial charge in [-0.1, -0.05) is 19.3 Å². The van der Waals surface area contributed by atoms with Gasteiger partial charge in [-0.15, -0.1) is 0 Å². The number of carbonyl (C=O) groups is 1. The summed E-state index contributed by atoms with van der Waals surface area (Å²) in [5.41, 5.74) is 5.71. The van der Waals surface area contributed by atoms with E-state index in [0.717, 1.165) is 25.8 Å². The van der Waals surface area contributed by atoms with Crippen molar-refractivity contribution < 1.29 is 4.79 Å². The molecule has 0 aromatic rings. The van der Waals surface area contributed by atoms with Crippen LogP contribution in [0.5, 0.6) is 0 Å². The highest BCUT2D eigenvalue weighted by Gasteiger charge is 2.44. The van der Waals surface area contributed by atoms with Crippen molar-refractivity contribution in [2.24, 2.45) is 11.1 Å². The zero-order chi connectivity index (χ0) is 13.2. The van der Waals surface area contributed by atoms with E-state index in [1.54, 1.807) is 0 Å². The standard InChI is InChI=1S/C14H27N3O/c1-17(2)14(8-3-4-9-14)11-16-12(18)13(10-15)6-5-7-13/h3-11,15H2,1-2H3,(H,16,18). The van der Waals surface area contributed by atoms with Crippen molar-refractivity contribution in [2.75, 3.05) is 27.2 Å². The maximum absolute atomic E-state index is 12.3. The molecule has 0 aliphatic heterocycles. The van der Waals surface area contributed by atoms with Crippen molar-refractivity contribution >= 4 is 5.91 Å². The highest BCUT2D eigenvalue weighted by atomic mass is 16.2. The molecule has 2 rings (SSSR count). The fraction of sp³-hybridized carbons (Fsp3) is 0.929. The van der Waals surface area contributed by atoms with E-state index in [0.29, 0.717) is 6.54 Å². The number of nitrogens with one attached hydrogen (secondary N) is 1. The van der Waals surface area contributed by atoms with Crippen LogP contribution in [0.25, 0.3) is 0 Å². The van der Waals surface area contributed by atoms with Crippen molar-refractivity contribution in [3.05, 3.63) is 0 Å². The molecule has 2 aliphatic carbocycles. The van der Waals surface area contributed by atoms with Crippen LogP contribution in [0, 0.1) is 5.41 Å². The lowest BCUT2D eigenvalue weighted by Gasteiger charge is -2.42. The molecule has 0 aromatic heterocycles. The molecule has 0 saturated heterocycles. The Labute approximate surface area is 110 Å². The Morgan fingerprint density at radius 2 is 1.78 bits per heavy atom. The molecule has 0 atom stereocenters. The number of rotatable bonds is 5. The molecule has 0 unspecified atom stereocenters. The molecule has 3 N–H and O–H groups in total. The number of hydrogen-bond acceptors (Lipinski definition) is 3. The van der Waals surface area contributed by atoms with E-state index in [1.165, 1.54) is 25.7 Å². The normalized spacial score (nSPS) is 24.9. The van der Waals surface area contributed by atoms with Gasteiger partial charge in [0.2, 0.25) is 5.91 Å². The van der Waals surface area contributed by atoms with Crippen molar-refractivity contribution in [2.45, 2.75) is 50.5 Å². The lowest BCUT2D eigenvalue weighted by molar-refractivity contribution is -0.135. The molecule has 0 bridgehead atoms. The van der Waals surface area contributed by atoms with Gasteiger partial charge in [0, 0.05) is 18.6 Å². The van der Waals surface area contributed by atoms with E-state index >= 15 is 0 Å². The Kier molecular flexibility index (Phi) is 3.97. The molecule has 1 amide bonds. The molecule has 2 saturated carbocycles. The van der Waals surface area contributed by atoms with Gasteiger partial charge in [0.25, 0.3) is 0 Å². The highest BCUT2D eigenvalue weighted by Crippen LogP contribution is 2.40. The molecule has 4 nitrogen and oxygen atoms in total. The minimum absolute atomic E-state index is 0.176. The van der Waals surface area contributed by atoms with Crippen molar-refractivity contribution in [1.29, 1.82) is 0 Å². The van der Waals surface area contributed by atoms with Crippen molar-refractivity contribution in [3.8, 4) is 0 Å². The summed E-state index contributed by atoms with van der Waals surface area (Å²) >= 11 is 0. The van der Waals surface area contributed by atoms with Crippen LogP contribution in [0.4, 0.5) is 0 Å². The minimum atomic E-state index is -0.244. The predicted octanol–water partition coefficient (Wildman–Crippen LogP) is 1.11. The van der Waals surface area contributed by atoms with E-state index in [2.05, 4.69) is 24.3 Å². The number of amides is 1. The lowest BCUT2D eigenvalue weighted by atomic mass is 9.68. The first-order chi connectivity index (χ1) is 8.55. The number of hydrogen-bond donors (Lipinski definition) is 2. The summed E-state index contributed by atoms with van der Waals surface area (Å²) in [5.74, 6) is 0.185. The molecule has 0 heterocycles. The molecule has 4 heteroatoms. The van der Waals surface area contributed by atoms with Gasteiger partial charge in [0.1, 0.15) is 0 Å². The van der Waals surface area contributed by atoms with Crippen LogP contribution in [0.1, 0.15) is 44.9 Å². The summed E-state index contributed by atoms with van der Waals surface area (Å²) in [6, 6.07) is 0. The first kappa shape index (κ1) is 13.8. The van der Waals surface area contributed by atoms with E-state index in [4.69, 9.17) is 5.73 Å². The van der Waals surface area contributed by atoms with Crippen molar-refractivity contribution in [1.82, 2.24) is 10.2 Å². The van der Waals surface area contributed by atoms with Gasteiger partial charge in [0.05, 0.1) is 5.41 Å². The monoisotopic (exact) mass is 253 g/mol. The minimum Gasteiger partial charge on any atom is -0.354 e. The summed E-state index contributed by atoms with van der Waals surface area (Å²) in [6.07, 6.45) is 8.00. The van der Waals surface area contributed by atoms with Gasteiger partial charge >= 0.3 is 0 Å². The molecule has 104 valence electrons. The molecular weight excluding hydrogens is 226 g/mol. The maximum Gasteiger partial charge on any atom is 0.227 e. The molecule has 0 spiro atoms. The third-order valence-electron chi connectivity index (χ3n) is 5.24. The number of nitrogens with zero attached hydrogens (tertiary/aromatic N) is 1. The van der Waals surface area contributed by atoms with Crippen LogP contribution in [-0.4, -0.2) is 43.5 Å². The van der Waals surface area contributed by atoms with Crippen LogP contribution < -0.4 is 11.1 Å². The van der Waals surface area contributed by atoms with E-state index in [9.17, 15) is 4.79 Å². The SMILES string of the molecule is CN(C)C1(CNC(=O)C2(CN)CCC2)CCCC1. The molecule has 2 aliphatic rings. The van der Waals surface area contributed by atoms with Crippen LogP contribution in [0.3, 0.4) is 0 Å². The summed E-state index contributed by atoms with van der Waals surface area (Å²) in [4.78, 5) is 14.6. The van der Waals surface area contributed by atoms with Gasteiger partial charge in [0.15, 0.2) is 0 Å². The highest BCUT2D eigenvalue weighted by molar-refractivity contribution is 5.83. The summed E-state index contributed by atoms with van der Waals surface area (Å²) in [7, 11) is 4.25. The number of carbonyl (C=O) groups excluding carboxylic acids is 1. The number of likely N-dealkylation sites (N-methyl/N-ethyl adjacent to an activating group) is 1. The summed E-state index contributed by atoms with van der Waals surface area (Å²) < 4.78 is 0. The molecule has 0 aromatic carbocycles. The molecule has 18 heavy (non-hydrogen) atoms. The Morgan fingerprint density at radius 3 is 2.17 bits per heavy atom. The second kappa shape index (κ2) is 5.17. The van der Waals surface area contributed by atoms with Crippen LogP contribution >= 0.6 is 0 Å². The van der Waals surface area contributed by atoms with Gasteiger partial charge in [-0.3, -0.25) is 4.79 Å². The Morgan fingerprint density at radius 1 is 1.17 bits per heavy atom. The zero-order valence-electron chi connectivity index (χ0n) is 11.8. The first-order valence-corrected chi connectivity index (χ1v) is 7.21. The summed E-state index contributed by atoms with van der Waals surface area (Å²) in [5, 5.41) is 3.18. The lowest BCUT2D eigenvalue weighted by Crippen LogP contribution is -2.56. The fourth-order valence-corrected chi connectivity index (χ4v) is 3.37. The van der Waals surface area contributed by atoms with E-state index < -0.39 is 0 Å². The van der Waals surface area contributed by atoms with Gasteiger partial charge < -0.3 is 16.0 Å². The van der Waals surface area contributed by atoms with Crippen molar-refractivity contribution in [3.63, 3.8) is 0 Å². The van der Waals surface area contributed by atoms with E-state index in [1.807, 2.05) is 0 Å². The largest absolute Gasteiger partial charge is 0.354 e. The topological polar surface area (TPSA) is 58.4 Å². The average molecular weight is 253 g/mol. The zero-order valence-corrected chi connectivity index (χ0v) is 11.8. The summed E-state index contributed by atoms with van der Waals surface area (Å²) in [6.45, 7) is 1.27. The first-order valence-electron chi connectivity index (χ1n) is 7.21. The molecule has 2 fully saturated rings.